The highest BCUT2D eigenvalue weighted by Gasteiger charge is 2.40. The first-order valence-corrected chi connectivity index (χ1v) is 8.51. The molecule has 0 heterocycles. The van der Waals surface area contributed by atoms with Crippen LogP contribution in [0.1, 0.15) is 27.7 Å². The maximum atomic E-state index is 11.0. The molecular weight excluding hydrogens is 222 g/mol. The van der Waals surface area contributed by atoms with Crippen molar-refractivity contribution in [1.82, 2.24) is 5.32 Å². The Morgan fingerprint density at radius 1 is 1.38 bits per heavy atom. The highest BCUT2D eigenvalue weighted by atomic mass is 28.4. The topological polar surface area (TPSA) is 58.6 Å². The number of nitrogens with one attached hydrogen (secondary N) is 1. The van der Waals surface area contributed by atoms with Crippen molar-refractivity contribution in [2.75, 3.05) is 7.05 Å². The fourth-order valence-corrected chi connectivity index (χ4v) is 2.69. The van der Waals surface area contributed by atoms with Crippen molar-refractivity contribution in [3.63, 3.8) is 0 Å². The molecule has 0 radical (unpaired) electrons. The molecule has 0 spiro atoms. The lowest BCUT2D eigenvalue weighted by molar-refractivity contribution is -0.141. The molecule has 2 atom stereocenters. The van der Waals surface area contributed by atoms with Crippen molar-refractivity contribution in [2.24, 2.45) is 0 Å². The van der Waals surface area contributed by atoms with Crippen molar-refractivity contribution in [3.05, 3.63) is 0 Å². The van der Waals surface area contributed by atoms with Crippen molar-refractivity contribution in [3.8, 4) is 0 Å². The average Bonchev–Trinajstić information content (AvgIpc) is 2.00. The molecule has 0 saturated carbocycles. The Morgan fingerprint density at radius 3 is 2.06 bits per heavy atom. The third-order valence-corrected chi connectivity index (χ3v) is 7.91. The van der Waals surface area contributed by atoms with Gasteiger partial charge in [0.25, 0.3) is 0 Å². The molecule has 0 aliphatic carbocycles. The molecule has 1 unspecified atom stereocenters. The van der Waals surface area contributed by atoms with Crippen molar-refractivity contribution < 1.29 is 14.3 Å². The number of hydrogen-bond donors (Lipinski definition) is 2. The highest BCUT2D eigenvalue weighted by molar-refractivity contribution is 6.74. The van der Waals surface area contributed by atoms with Crippen molar-refractivity contribution >= 4 is 14.3 Å². The van der Waals surface area contributed by atoms with Gasteiger partial charge < -0.3 is 14.8 Å². The van der Waals surface area contributed by atoms with Gasteiger partial charge in [-0.15, -0.1) is 0 Å². The molecule has 0 aromatic rings. The van der Waals surface area contributed by atoms with Crippen LogP contribution in [0.3, 0.4) is 0 Å². The van der Waals surface area contributed by atoms with Crippen molar-refractivity contribution in [2.45, 2.75) is 58.0 Å². The summed E-state index contributed by atoms with van der Waals surface area (Å²) >= 11 is 0. The van der Waals surface area contributed by atoms with E-state index in [1.165, 1.54) is 0 Å². The lowest BCUT2D eigenvalue weighted by Crippen LogP contribution is -2.51. The van der Waals surface area contributed by atoms with Crippen LogP contribution < -0.4 is 5.32 Å². The Morgan fingerprint density at radius 2 is 1.81 bits per heavy atom. The fourth-order valence-electron chi connectivity index (χ4n) is 1.27. The molecule has 0 fully saturated rings. The first-order chi connectivity index (χ1) is 7.03. The van der Waals surface area contributed by atoms with E-state index in [1.54, 1.807) is 7.05 Å². The smallest absolute Gasteiger partial charge is 0.323 e. The minimum atomic E-state index is -1.90. The number of carboxylic acids is 1. The van der Waals surface area contributed by atoms with Gasteiger partial charge in [-0.25, -0.2) is 0 Å². The van der Waals surface area contributed by atoms with Crippen LogP contribution in [0.4, 0.5) is 0 Å². The predicted octanol–water partition coefficient (Wildman–Crippen LogP) is 2.07. The minimum Gasteiger partial charge on any atom is -0.480 e. The number of rotatable bonds is 5. The van der Waals surface area contributed by atoms with Crippen LogP contribution in [0.25, 0.3) is 0 Å². The number of aliphatic carboxylic acids is 1. The van der Waals surface area contributed by atoms with Crippen LogP contribution in [-0.2, 0) is 9.22 Å². The Bertz CT molecular complexity index is 248. The Kier molecular flexibility index (Phi) is 5.16. The molecular formula is C11H25NO3Si. The molecule has 0 aliphatic rings. The van der Waals surface area contributed by atoms with Gasteiger partial charge in [0.1, 0.15) is 6.04 Å². The molecule has 96 valence electrons. The monoisotopic (exact) mass is 247 g/mol. The normalized spacial score (nSPS) is 16.9. The second-order valence-electron chi connectivity index (χ2n) is 5.69. The van der Waals surface area contributed by atoms with E-state index in [1.807, 2.05) is 6.92 Å². The van der Waals surface area contributed by atoms with Crippen LogP contribution in [0, 0.1) is 0 Å². The molecule has 4 nitrogen and oxygen atoms in total. The third-order valence-electron chi connectivity index (χ3n) is 3.33. The van der Waals surface area contributed by atoms with Crippen LogP contribution in [0.15, 0.2) is 0 Å². The first-order valence-electron chi connectivity index (χ1n) is 5.61. The van der Waals surface area contributed by atoms with E-state index >= 15 is 0 Å². The van der Waals surface area contributed by atoms with Crippen LogP contribution in [-0.4, -0.2) is 38.6 Å². The van der Waals surface area contributed by atoms with Gasteiger partial charge in [0.15, 0.2) is 8.32 Å². The molecule has 0 rings (SSSR count). The molecule has 2 N–H and O–H groups in total. The van der Waals surface area contributed by atoms with E-state index in [4.69, 9.17) is 9.53 Å². The number of likely N-dealkylation sites (N-methyl/N-ethyl adjacent to an activating group) is 1. The van der Waals surface area contributed by atoms with Gasteiger partial charge in [-0.2, -0.15) is 0 Å². The summed E-state index contributed by atoms with van der Waals surface area (Å²) in [5, 5.41) is 11.9. The minimum absolute atomic E-state index is 0.0953. The maximum Gasteiger partial charge on any atom is 0.323 e. The SMILES string of the molecule is CN[C@H](C(=O)O)C(C)O[Si](C)(C)C(C)(C)C. The zero-order valence-electron chi connectivity index (χ0n) is 11.4. The van der Waals surface area contributed by atoms with E-state index in [9.17, 15) is 4.79 Å². The fraction of sp³-hybridized carbons (Fsp3) is 0.909. The quantitative estimate of drug-likeness (QED) is 0.730. The summed E-state index contributed by atoms with van der Waals surface area (Å²) in [4.78, 5) is 11.0. The molecule has 0 saturated heterocycles. The van der Waals surface area contributed by atoms with E-state index in [2.05, 4.69) is 39.2 Å². The van der Waals surface area contributed by atoms with Gasteiger partial charge in [0.2, 0.25) is 0 Å². The largest absolute Gasteiger partial charge is 0.480 e. The summed E-state index contributed by atoms with van der Waals surface area (Å²) in [5.41, 5.74) is 0. The van der Waals surface area contributed by atoms with Gasteiger partial charge in [-0.1, -0.05) is 20.8 Å². The molecule has 5 heteroatoms. The number of hydrogen-bond acceptors (Lipinski definition) is 3. The summed E-state index contributed by atoms with van der Waals surface area (Å²) in [6.07, 6.45) is -0.316. The molecule has 16 heavy (non-hydrogen) atoms. The second kappa shape index (κ2) is 5.29. The summed E-state index contributed by atoms with van der Waals surface area (Å²) in [6, 6.07) is -0.644. The second-order valence-corrected chi connectivity index (χ2v) is 10.4. The average molecular weight is 247 g/mol. The van der Waals surface area contributed by atoms with Gasteiger partial charge in [-0.3, -0.25) is 4.79 Å². The van der Waals surface area contributed by atoms with E-state index < -0.39 is 20.3 Å². The summed E-state index contributed by atoms with van der Waals surface area (Å²) in [6.45, 7) is 12.5. The third kappa shape index (κ3) is 3.88. The number of carboxylic acid groups (broad SMARTS) is 1. The van der Waals surface area contributed by atoms with Gasteiger partial charge in [0.05, 0.1) is 6.10 Å². The van der Waals surface area contributed by atoms with Gasteiger partial charge >= 0.3 is 5.97 Å². The van der Waals surface area contributed by atoms with Crippen LogP contribution >= 0.6 is 0 Å². The Labute approximate surface area is 99.5 Å². The molecule has 0 aliphatic heterocycles. The summed E-state index contributed by atoms with van der Waals surface area (Å²) in [7, 11) is -0.253. The predicted molar refractivity (Wildman–Crippen MR) is 68.2 cm³/mol. The highest BCUT2D eigenvalue weighted by Crippen LogP contribution is 2.37. The lowest BCUT2D eigenvalue weighted by Gasteiger charge is -2.39. The zero-order chi connectivity index (χ0) is 13.1. The summed E-state index contributed by atoms with van der Waals surface area (Å²) in [5.74, 6) is -0.867. The first kappa shape index (κ1) is 15.6. The van der Waals surface area contributed by atoms with Gasteiger partial charge in [0, 0.05) is 0 Å². The standard InChI is InChI=1S/C11H25NO3Si/c1-8(9(12-5)10(13)14)15-16(6,7)11(2,3)4/h8-9,12H,1-7H3,(H,13,14)/t8?,9-/m0/s1. The maximum absolute atomic E-state index is 11.0. The van der Waals surface area contributed by atoms with E-state index in [-0.39, 0.29) is 11.1 Å². The zero-order valence-corrected chi connectivity index (χ0v) is 12.4. The van der Waals surface area contributed by atoms with E-state index in [0.717, 1.165) is 0 Å². The molecule has 0 aromatic heterocycles. The van der Waals surface area contributed by atoms with Crippen molar-refractivity contribution in [1.29, 1.82) is 0 Å². The lowest BCUT2D eigenvalue weighted by atomic mass is 10.2. The van der Waals surface area contributed by atoms with Crippen LogP contribution in [0.2, 0.25) is 18.1 Å². The van der Waals surface area contributed by atoms with Crippen LogP contribution in [0.5, 0.6) is 0 Å². The molecule has 0 amide bonds. The Hall–Kier alpha value is -0.393. The summed E-state index contributed by atoms with van der Waals surface area (Å²) < 4.78 is 6.01. The number of carbonyl (C=O) groups is 1. The Balaban J connectivity index is 4.67. The van der Waals surface area contributed by atoms with E-state index in [0.29, 0.717) is 0 Å². The molecule has 0 bridgehead atoms. The van der Waals surface area contributed by atoms with Gasteiger partial charge in [-0.05, 0) is 32.1 Å². The molecule has 0 aromatic carbocycles.